The van der Waals surface area contributed by atoms with E-state index in [1.807, 2.05) is 0 Å². The Labute approximate surface area is 119 Å². The van der Waals surface area contributed by atoms with Crippen LogP contribution in [0.1, 0.15) is 5.56 Å². The Morgan fingerprint density at radius 1 is 1.21 bits per heavy atom. The summed E-state index contributed by atoms with van der Waals surface area (Å²) in [6.07, 6.45) is 3.00. The molecular weight excluding hydrogens is 332 g/mol. The minimum Gasteiger partial charge on any atom is -0.392 e. The molecule has 2 N–H and O–H groups in total. The number of hydrogen-bond acceptors (Lipinski definition) is 4. The maximum Gasteiger partial charge on any atom is 0.261 e. The van der Waals surface area contributed by atoms with E-state index in [-0.39, 0.29) is 11.5 Å². The van der Waals surface area contributed by atoms with Crippen molar-refractivity contribution in [1.82, 2.24) is 4.98 Å². The molecule has 0 saturated carbocycles. The van der Waals surface area contributed by atoms with E-state index < -0.39 is 10.0 Å². The van der Waals surface area contributed by atoms with E-state index in [0.717, 1.165) is 0 Å². The Morgan fingerprint density at radius 3 is 2.47 bits per heavy atom. The van der Waals surface area contributed by atoms with Crippen LogP contribution in [0.5, 0.6) is 0 Å². The Kier molecular flexibility index (Phi) is 4.18. The lowest BCUT2D eigenvalue weighted by Crippen LogP contribution is -2.13. The van der Waals surface area contributed by atoms with E-state index in [1.165, 1.54) is 24.5 Å². The van der Waals surface area contributed by atoms with Gasteiger partial charge in [-0.25, -0.2) is 8.42 Å². The van der Waals surface area contributed by atoms with Gasteiger partial charge in [-0.3, -0.25) is 9.71 Å². The predicted octanol–water partition coefficient (Wildman–Crippen LogP) is 2.14. The molecule has 0 aliphatic heterocycles. The number of pyridine rings is 1. The molecular formula is C12H11BrN2O3S. The molecule has 0 aliphatic carbocycles. The normalized spacial score (nSPS) is 11.3. The second-order valence-corrected chi connectivity index (χ2v) is 6.30. The number of hydrogen-bond donors (Lipinski definition) is 2. The highest BCUT2D eigenvalue weighted by Gasteiger charge is 2.15. The van der Waals surface area contributed by atoms with Crippen LogP contribution >= 0.6 is 15.9 Å². The molecule has 1 aromatic carbocycles. The van der Waals surface area contributed by atoms with Crippen molar-refractivity contribution < 1.29 is 13.5 Å². The van der Waals surface area contributed by atoms with Gasteiger partial charge in [0.25, 0.3) is 10.0 Å². The summed E-state index contributed by atoms with van der Waals surface area (Å²) in [5.74, 6) is 0. The SMILES string of the molecule is O=S(=O)(Nc1ccncc1Br)c1ccc(CO)cc1. The molecule has 0 fully saturated rings. The summed E-state index contributed by atoms with van der Waals surface area (Å²) in [6, 6.07) is 7.59. The van der Waals surface area contributed by atoms with Gasteiger partial charge in [0.1, 0.15) is 0 Å². The lowest BCUT2D eigenvalue weighted by Gasteiger charge is -2.09. The monoisotopic (exact) mass is 342 g/mol. The van der Waals surface area contributed by atoms with Gasteiger partial charge in [-0.05, 0) is 39.7 Å². The fourth-order valence-corrected chi connectivity index (χ4v) is 3.00. The van der Waals surface area contributed by atoms with E-state index in [2.05, 4.69) is 25.6 Å². The van der Waals surface area contributed by atoms with Gasteiger partial charge in [0.2, 0.25) is 0 Å². The highest BCUT2D eigenvalue weighted by Crippen LogP contribution is 2.23. The minimum absolute atomic E-state index is 0.121. The molecule has 1 aromatic heterocycles. The van der Waals surface area contributed by atoms with Crippen LogP contribution in [0.2, 0.25) is 0 Å². The van der Waals surface area contributed by atoms with Crippen molar-refractivity contribution in [1.29, 1.82) is 0 Å². The Balaban J connectivity index is 2.30. The van der Waals surface area contributed by atoms with E-state index in [0.29, 0.717) is 15.7 Å². The molecule has 2 aromatic rings. The number of sulfonamides is 1. The van der Waals surface area contributed by atoms with Gasteiger partial charge in [0.15, 0.2) is 0 Å². The smallest absolute Gasteiger partial charge is 0.261 e. The molecule has 0 bridgehead atoms. The molecule has 2 rings (SSSR count). The Hall–Kier alpha value is -1.44. The van der Waals surface area contributed by atoms with Gasteiger partial charge in [-0.15, -0.1) is 0 Å². The number of aromatic nitrogens is 1. The topological polar surface area (TPSA) is 79.3 Å². The quantitative estimate of drug-likeness (QED) is 0.891. The highest BCUT2D eigenvalue weighted by atomic mass is 79.9. The van der Waals surface area contributed by atoms with Crippen LogP contribution in [-0.4, -0.2) is 18.5 Å². The first-order valence-corrected chi connectivity index (χ1v) is 7.62. The zero-order valence-corrected chi connectivity index (χ0v) is 12.1. The summed E-state index contributed by atoms with van der Waals surface area (Å²) in [4.78, 5) is 3.99. The van der Waals surface area contributed by atoms with Crippen molar-refractivity contribution >= 4 is 31.6 Å². The fraction of sp³-hybridized carbons (Fsp3) is 0.0833. The van der Waals surface area contributed by atoms with Crippen LogP contribution in [0.4, 0.5) is 5.69 Å². The van der Waals surface area contributed by atoms with Gasteiger partial charge >= 0.3 is 0 Å². The molecule has 0 unspecified atom stereocenters. The first-order valence-electron chi connectivity index (χ1n) is 5.35. The van der Waals surface area contributed by atoms with E-state index in [9.17, 15) is 8.42 Å². The van der Waals surface area contributed by atoms with Crippen molar-refractivity contribution in [3.05, 3.63) is 52.8 Å². The van der Waals surface area contributed by atoms with Crippen LogP contribution in [0, 0.1) is 0 Å². The molecule has 0 saturated heterocycles. The average molecular weight is 343 g/mol. The van der Waals surface area contributed by atoms with Crippen LogP contribution in [0.3, 0.4) is 0 Å². The zero-order chi connectivity index (χ0) is 13.9. The molecule has 100 valence electrons. The molecule has 5 nitrogen and oxygen atoms in total. The van der Waals surface area contributed by atoms with Crippen molar-refractivity contribution in [2.45, 2.75) is 11.5 Å². The van der Waals surface area contributed by atoms with Crippen molar-refractivity contribution in [3.63, 3.8) is 0 Å². The molecule has 1 heterocycles. The predicted molar refractivity (Wildman–Crippen MR) is 75.1 cm³/mol. The molecule has 0 atom stereocenters. The van der Waals surface area contributed by atoms with Crippen LogP contribution in [0.25, 0.3) is 0 Å². The highest BCUT2D eigenvalue weighted by molar-refractivity contribution is 9.10. The molecule has 0 spiro atoms. The first-order chi connectivity index (χ1) is 9.03. The third kappa shape index (κ3) is 3.31. The largest absolute Gasteiger partial charge is 0.392 e. The fourth-order valence-electron chi connectivity index (χ4n) is 1.44. The number of rotatable bonds is 4. The standard InChI is InChI=1S/C12H11BrN2O3S/c13-11-7-14-6-5-12(11)15-19(17,18)10-3-1-9(8-16)2-4-10/h1-7,16H,8H2,(H,14,15). The number of aliphatic hydroxyl groups is 1. The summed E-state index contributed by atoms with van der Waals surface area (Å²) in [6.45, 7) is -0.121. The Morgan fingerprint density at radius 2 is 1.89 bits per heavy atom. The summed E-state index contributed by atoms with van der Waals surface area (Å²) in [7, 11) is -3.65. The lowest BCUT2D eigenvalue weighted by molar-refractivity contribution is 0.282. The summed E-state index contributed by atoms with van der Waals surface area (Å²) in [5.41, 5.74) is 1.07. The maximum atomic E-state index is 12.1. The number of anilines is 1. The van der Waals surface area contributed by atoms with Gasteiger partial charge in [-0.2, -0.15) is 0 Å². The van der Waals surface area contributed by atoms with Gasteiger partial charge in [0.05, 0.1) is 21.7 Å². The van der Waals surface area contributed by atoms with Gasteiger partial charge in [0, 0.05) is 12.4 Å². The second-order valence-electron chi connectivity index (χ2n) is 3.76. The van der Waals surface area contributed by atoms with Crippen molar-refractivity contribution in [2.75, 3.05) is 4.72 Å². The van der Waals surface area contributed by atoms with E-state index in [1.54, 1.807) is 18.2 Å². The minimum atomic E-state index is -3.65. The van der Waals surface area contributed by atoms with Crippen LogP contribution < -0.4 is 4.72 Å². The molecule has 19 heavy (non-hydrogen) atoms. The molecule has 7 heteroatoms. The number of nitrogens with one attached hydrogen (secondary N) is 1. The van der Waals surface area contributed by atoms with Crippen LogP contribution in [-0.2, 0) is 16.6 Å². The molecule has 0 aliphatic rings. The third-order valence-corrected chi connectivity index (χ3v) is 4.45. The van der Waals surface area contributed by atoms with Crippen molar-refractivity contribution in [3.8, 4) is 0 Å². The summed E-state index contributed by atoms with van der Waals surface area (Å²) in [5, 5.41) is 8.92. The lowest BCUT2D eigenvalue weighted by atomic mass is 10.2. The van der Waals surface area contributed by atoms with Gasteiger partial charge in [-0.1, -0.05) is 12.1 Å². The molecule has 0 amide bonds. The number of halogens is 1. The number of aliphatic hydroxyl groups excluding tert-OH is 1. The first kappa shape index (κ1) is 14.0. The number of benzene rings is 1. The number of nitrogens with zero attached hydrogens (tertiary/aromatic N) is 1. The third-order valence-electron chi connectivity index (χ3n) is 2.43. The second kappa shape index (κ2) is 5.68. The van der Waals surface area contributed by atoms with E-state index in [4.69, 9.17) is 5.11 Å². The van der Waals surface area contributed by atoms with Gasteiger partial charge < -0.3 is 5.11 Å². The van der Waals surface area contributed by atoms with Crippen LogP contribution in [0.15, 0.2) is 52.1 Å². The Bertz CT molecular complexity index is 672. The summed E-state index contributed by atoms with van der Waals surface area (Å²) < 4.78 is 27.3. The van der Waals surface area contributed by atoms with E-state index >= 15 is 0 Å². The summed E-state index contributed by atoms with van der Waals surface area (Å²) >= 11 is 3.22. The maximum absolute atomic E-state index is 12.1. The average Bonchev–Trinajstić information content (AvgIpc) is 2.41. The molecule has 0 radical (unpaired) electrons. The zero-order valence-electron chi connectivity index (χ0n) is 9.75. The van der Waals surface area contributed by atoms with Crippen molar-refractivity contribution in [2.24, 2.45) is 0 Å².